The smallest absolute Gasteiger partial charge is 0.253 e. The van der Waals surface area contributed by atoms with E-state index in [0.29, 0.717) is 30.4 Å². The maximum Gasteiger partial charge on any atom is 0.253 e. The molecule has 33 heavy (non-hydrogen) atoms. The van der Waals surface area contributed by atoms with Crippen LogP contribution in [0.3, 0.4) is 0 Å². The van der Waals surface area contributed by atoms with Gasteiger partial charge in [-0.1, -0.05) is 72.4 Å². The van der Waals surface area contributed by atoms with Gasteiger partial charge in [0.25, 0.3) is 5.78 Å². The van der Waals surface area contributed by atoms with Crippen molar-refractivity contribution in [1.82, 2.24) is 24.5 Å². The summed E-state index contributed by atoms with van der Waals surface area (Å²) in [4.78, 5) is 24.5. The largest absolute Gasteiger partial charge is 0.342 e. The van der Waals surface area contributed by atoms with Crippen molar-refractivity contribution >= 4 is 23.4 Å². The summed E-state index contributed by atoms with van der Waals surface area (Å²) in [6.45, 7) is 5.30. The molecule has 1 amide bonds. The Morgan fingerprint density at radius 2 is 1.48 bits per heavy atom. The summed E-state index contributed by atoms with van der Waals surface area (Å²) in [5.74, 6) is 0.690. The van der Waals surface area contributed by atoms with E-state index < -0.39 is 0 Å². The number of nitrogens with zero attached hydrogens (tertiary/aromatic N) is 5. The molecule has 0 fully saturated rings. The molecule has 2 heterocycles. The van der Waals surface area contributed by atoms with Crippen molar-refractivity contribution < 1.29 is 4.79 Å². The molecular formula is C26H29N5OS. The number of rotatable bonds is 9. The minimum Gasteiger partial charge on any atom is -0.342 e. The van der Waals surface area contributed by atoms with Gasteiger partial charge < -0.3 is 4.90 Å². The van der Waals surface area contributed by atoms with Crippen LogP contribution in [0, 0.1) is 13.8 Å². The quantitative estimate of drug-likeness (QED) is 0.349. The molecule has 0 aliphatic heterocycles. The Labute approximate surface area is 199 Å². The fourth-order valence-corrected chi connectivity index (χ4v) is 4.31. The van der Waals surface area contributed by atoms with Gasteiger partial charge in [0.05, 0.1) is 6.42 Å². The van der Waals surface area contributed by atoms with E-state index in [2.05, 4.69) is 39.3 Å². The van der Waals surface area contributed by atoms with Crippen molar-refractivity contribution in [1.29, 1.82) is 0 Å². The molecule has 0 spiro atoms. The number of carbonyl (C=O) groups is 1. The molecule has 0 N–H and O–H groups in total. The van der Waals surface area contributed by atoms with Crippen LogP contribution < -0.4 is 0 Å². The fourth-order valence-electron chi connectivity index (χ4n) is 3.97. The lowest BCUT2D eigenvalue weighted by Gasteiger charge is -2.24. The predicted molar refractivity (Wildman–Crippen MR) is 133 cm³/mol. The predicted octanol–water partition coefficient (Wildman–Crippen LogP) is 4.32. The first kappa shape index (κ1) is 23.0. The van der Waals surface area contributed by atoms with Crippen molar-refractivity contribution in [2.24, 2.45) is 0 Å². The summed E-state index contributed by atoms with van der Waals surface area (Å²) in [5.41, 5.74) is 5.15. The van der Waals surface area contributed by atoms with Crippen LogP contribution in [-0.4, -0.2) is 49.7 Å². The van der Waals surface area contributed by atoms with Crippen LogP contribution >= 0.6 is 11.8 Å². The molecule has 0 atom stereocenters. The molecule has 6 nitrogen and oxygen atoms in total. The van der Waals surface area contributed by atoms with Gasteiger partial charge in [-0.05, 0) is 44.1 Å². The number of aryl methyl sites for hydroxylation is 2. The lowest BCUT2D eigenvalue weighted by atomic mass is 10.1. The van der Waals surface area contributed by atoms with E-state index in [9.17, 15) is 4.79 Å². The van der Waals surface area contributed by atoms with Crippen LogP contribution in [-0.2, 0) is 24.1 Å². The zero-order chi connectivity index (χ0) is 23.2. The van der Waals surface area contributed by atoms with Crippen molar-refractivity contribution in [3.63, 3.8) is 0 Å². The number of benzene rings is 2. The van der Waals surface area contributed by atoms with Gasteiger partial charge in [-0.3, -0.25) is 4.79 Å². The number of amides is 1. The Morgan fingerprint density at radius 3 is 2.03 bits per heavy atom. The van der Waals surface area contributed by atoms with Crippen molar-refractivity contribution in [2.75, 3.05) is 19.3 Å². The summed E-state index contributed by atoms with van der Waals surface area (Å²) in [6.07, 6.45) is 3.91. The second kappa shape index (κ2) is 10.6. The number of hydrogen-bond donors (Lipinski definition) is 0. The Morgan fingerprint density at radius 1 is 0.909 bits per heavy atom. The van der Waals surface area contributed by atoms with E-state index in [1.54, 1.807) is 4.52 Å². The number of fused-ring (bicyclic) bond motifs is 1. The van der Waals surface area contributed by atoms with E-state index in [-0.39, 0.29) is 5.91 Å². The fraction of sp³-hybridized carbons (Fsp3) is 0.308. The van der Waals surface area contributed by atoms with Crippen LogP contribution in [0.25, 0.3) is 5.78 Å². The number of thioether (sulfide) groups is 1. The standard InChI is InChI=1S/C26H29N5OS/c1-19-23(20(2)31-25(27-19)28-26(29-31)33-3)18-24(32)30(16-14-21-10-6-4-7-11-21)17-15-22-12-8-5-9-13-22/h4-13H,14-18H2,1-3H3. The SMILES string of the molecule is CSc1nc2nc(C)c(CC(=O)N(CCc3ccccc3)CCc3ccccc3)c(C)n2n1. The highest BCUT2D eigenvalue weighted by molar-refractivity contribution is 7.98. The van der Waals surface area contributed by atoms with Gasteiger partial charge >= 0.3 is 0 Å². The Bertz CT molecular complexity index is 1180. The second-order valence-electron chi connectivity index (χ2n) is 8.10. The molecule has 0 unspecified atom stereocenters. The zero-order valence-electron chi connectivity index (χ0n) is 19.4. The van der Waals surface area contributed by atoms with Gasteiger partial charge in [0.1, 0.15) is 0 Å². The summed E-state index contributed by atoms with van der Waals surface area (Å²) < 4.78 is 1.75. The van der Waals surface area contributed by atoms with Gasteiger partial charge in [0, 0.05) is 30.0 Å². The van der Waals surface area contributed by atoms with Gasteiger partial charge in [-0.2, -0.15) is 4.98 Å². The molecule has 0 aliphatic carbocycles. The van der Waals surface area contributed by atoms with Crippen LogP contribution in [0.15, 0.2) is 65.8 Å². The highest BCUT2D eigenvalue weighted by Crippen LogP contribution is 2.18. The third kappa shape index (κ3) is 5.60. The first-order valence-electron chi connectivity index (χ1n) is 11.2. The molecule has 170 valence electrons. The molecule has 4 rings (SSSR count). The normalized spacial score (nSPS) is 11.1. The van der Waals surface area contributed by atoms with E-state index in [1.165, 1.54) is 22.9 Å². The number of aromatic nitrogens is 4. The third-order valence-electron chi connectivity index (χ3n) is 5.92. The van der Waals surface area contributed by atoms with E-state index in [0.717, 1.165) is 29.8 Å². The molecule has 0 radical (unpaired) electrons. The van der Waals surface area contributed by atoms with Crippen LogP contribution in [0.2, 0.25) is 0 Å². The maximum absolute atomic E-state index is 13.5. The lowest BCUT2D eigenvalue weighted by molar-refractivity contribution is -0.130. The highest BCUT2D eigenvalue weighted by Gasteiger charge is 2.20. The molecule has 2 aromatic heterocycles. The van der Waals surface area contributed by atoms with Gasteiger partial charge in [-0.25, -0.2) is 9.50 Å². The second-order valence-corrected chi connectivity index (χ2v) is 8.87. The summed E-state index contributed by atoms with van der Waals surface area (Å²) in [6, 6.07) is 20.6. The van der Waals surface area contributed by atoms with Crippen molar-refractivity contribution in [2.45, 2.75) is 38.3 Å². The maximum atomic E-state index is 13.5. The lowest BCUT2D eigenvalue weighted by Crippen LogP contribution is -2.36. The van der Waals surface area contributed by atoms with Gasteiger partial charge in [0.2, 0.25) is 11.1 Å². The van der Waals surface area contributed by atoms with E-state index in [1.807, 2.05) is 61.4 Å². The zero-order valence-corrected chi connectivity index (χ0v) is 20.2. The summed E-state index contributed by atoms with van der Waals surface area (Å²) >= 11 is 1.48. The first-order chi connectivity index (χ1) is 16.0. The monoisotopic (exact) mass is 459 g/mol. The molecule has 0 saturated carbocycles. The van der Waals surface area contributed by atoms with Gasteiger partial charge in [0.15, 0.2) is 0 Å². The van der Waals surface area contributed by atoms with Crippen LogP contribution in [0.1, 0.15) is 28.1 Å². The molecule has 2 aromatic carbocycles. The molecule has 0 saturated heterocycles. The number of carbonyl (C=O) groups excluding carboxylic acids is 1. The Balaban J connectivity index is 1.54. The molecule has 0 bridgehead atoms. The van der Waals surface area contributed by atoms with E-state index >= 15 is 0 Å². The van der Waals surface area contributed by atoms with Gasteiger partial charge in [-0.15, -0.1) is 5.10 Å². The van der Waals surface area contributed by atoms with E-state index in [4.69, 9.17) is 0 Å². The summed E-state index contributed by atoms with van der Waals surface area (Å²) in [7, 11) is 0. The Hall–Kier alpha value is -3.19. The average molecular weight is 460 g/mol. The molecule has 0 aliphatic rings. The third-order valence-corrected chi connectivity index (χ3v) is 6.46. The minimum absolute atomic E-state index is 0.111. The molecular weight excluding hydrogens is 430 g/mol. The molecule has 7 heteroatoms. The number of hydrogen-bond acceptors (Lipinski definition) is 5. The van der Waals surface area contributed by atoms with Crippen LogP contribution in [0.5, 0.6) is 0 Å². The Kier molecular flexibility index (Phi) is 7.40. The first-order valence-corrected chi connectivity index (χ1v) is 12.4. The summed E-state index contributed by atoms with van der Waals surface area (Å²) in [5, 5.41) is 5.20. The van der Waals surface area contributed by atoms with Crippen molar-refractivity contribution in [3.8, 4) is 0 Å². The highest BCUT2D eigenvalue weighted by atomic mass is 32.2. The topological polar surface area (TPSA) is 63.4 Å². The van der Waals surface area contributed by atoms with Crippen molar-refractivity contribution in [3.05, 3.63) is 88.7 Å². The molecule has 4 aromatic rings. The van der Waals surface area contributed by atoms with Crippen LogP contribution in [0.4, 0.5) is 0 Å². The average Bonchev–Trinajstić information content (AvgIpc) is 3.26. The minimum atomic E-state index is 0.111.